The lowest BCUT2D eigenvalue weighted by molar-refractivity contribution is 0.167. The highest BCUT2D eigenvalue weighted by molar-refractivity contribution is 14.1. The number of halogens is 2. The van der Waals surface area contributed by atoms with E-state index in [1.165, 1.54) is 11.3 Å². The van der Waals surface area contributed by atoms with Crippen molar-refractivity contribution in [3.63, 3.8) is 0 Å². The highest BCUT2D eigenvalue weighted by atomic mass is 127. The number of hydrogen-bond acceptors (Lipinski definition) is 3. The fourth-order valence-corrected chi connectivity index (χ4v) is 2.21. The Kier molecular flexibility index (Phi) is 5.64. The Labute approximate surface area is 114 Å². The normalized spacial score (nSPS) is 12.5. The average Bonchev–Trinajstić information content (AvgIpc) is 2.66. The summed E-state index contributed by atoms with van der Waals surface area (Å²) in [7, 11) is 0. The summed E-state index contributed by atoms with van der Waals surface area (Å²) >= 11 is 5.21. The molecule has 0 bridgehead atoms. The van der Waals surface area contributed by atoms with E-state index in [0.29, 0.717) is 13.0 Å². The smallest absolute Gasteiger partial charge is 0.291 e. The largest absolute Gasteiger partial charge is 0.388 e. The standard InChI is InChI=1S/C8H9I2NO2S/c9-8(13)11(10)4-3-6(12)7-2-1-5-14-7/h1-2,5-6,12H,3-4H2. The van der Waals surface area contributed by atoms with Crippen LogP contribution in [0, 0.1) is 0 Å². The van der Waals surface area contributed by atoms with Crippen LogP contribution < -0.4 is 0 Å². The van der Waals surface area contributed by atoms with Gasteiger partial charge in [-0.2, -0.15) is 0 Å². The molecular formula is C8H9I2NO2S. The van der Waals surface area contributed by atoms with Crippen molar-refractivity contribution in [2.45, 2.75) is 12.5 Å². The number of hydrogen-bond donors (Lipinski definition) is 1. The molecule has 0 saturated heterocycles. The van der Waals surface area contributed by atoms with E-state index < -0.39 is 6.10 Å². The van der Waals surface area contributed by atoms with Gasteiger partial charge in [0.25, 0.3) is 3.91 Å². The van der Waals surface area contributed by atoms with Gasteiger partial charge in [0.1, 0.15) is 0 Å². The second-order valence-electron chi connectivity index (χ2n) is 2.66. The molecule has 0 aliphatic carbocycles. The van der Waals surface area contributed by atoms with Crippen LogP contribution in [0.25, 0.3) is 0 Å². The summed E-state index contributed by atoms with van der Waals surface area (Å²) in [5.74, 6) is 0. The Balaban J connectivity index is 2.35. The SMILES string of the molecule is O=C(I)N(I)CCC(O)c1cccs1. The number of carbonyl (C=O) groups excluding carboxylic acids is 1. The number of aliphatic hydroxyl groups is 1. The third-order valence-corrected chi connectivity index (χ3v) is 5.06. The summed E-state index contributed by atoms with van der Waals surface area (Å²) in [6.45, 7) is 0.571. The van der Waals surface area contributed by atoms with E-state index in [9.17, 15) is 9.90 Å². The van der Waals surface area contributed by atoms with Crippen LogP contribution in [0.3, 0.4) is 0 Å². The predicted molar refractivity (Wildman–Crippen MR) is 74.0 cm³/mol. The van der Waals surface area contributed by atoms with Gasteiger partial charge in [-0.25, -0.2) is 0 Å². The van der Waals surface area contributed by atoms with Gasteiger partial charge < -0.3 is 5.11 Å². The third kappa shape index (κ3) is 3.99. The van der Waals surface area contributed by atoms with Crippen LogP contribution in [0.4, 0.5) is 4.79 Å². The van der Waals surface area contributed by atoms with Crippen molar-refractivity contribution in [3.05, 3.63) is 22.4 Å². The van der Waals surface area contributed by atoms with E-state index in [-0.39, 0.29) is 3.91 Å². The molecule has 3 nitrogen and oxygen atoms in total. The number of amides is 1. The molecule has 0 aliphatic heterocycles. The lowest BCUT2D eigenvalue weighted by Crippen LogP contribution is -2.16. The molecule has 1 unspecified atom stereocenters. The third-order valence-electron chi connectivity index (χ3n) is 1.66. The number of aliphatic hydroxyl groups excluding tert-OH is 1. The fraction of sp³-hybridized carbons (Fsp3) is 0.375. The monoisotopic (exact) mass is 437 g/mol. The first-order valence-electron chi connectivity index (χ1n) is 3.95. The van der Waals surface area contributed by atoms with Gasteiger partial charge in [0.05, 0.1) is 29.0 Å². The van der Waals surface area contributed by atoms with Crippen molar-refractivity contribution in [2.75, 3.05) is 6.54 Å². The van der Waals surface area contributed by atoms with Gasteiger partial charge in [-0.3, -0.25) is 7.91 Å². The summed E-state index contributed by atoms with van der Waals surface area (Å²) in [5, 5.41) is 11.6. The molecule has 1 rings (SSSR count). The summed E-state index contributed by atoms with van der Waals surface area (Å²) in [6, 6.07) is 3.81. The van der Waals surface area contributed by atoms with Crippen molar-refractivity contribution in [1.29, 1.82) is 0 Å². The summed E-state index contributed by atoms with van der Waals surface area (Å²) < 4.78 is 1.55. The van der Waals surface area contributed by atoms with E-state index in [2.05, 4.69) is 0 Å². The molecule has 1 heterocycles. The van der Waals surface area contributed by atoms with E-state index in [0.717, 1.165) is 4.88 Å². The lowest BCUT2D eigenvalue weighted by Gasteiger charge is -2.13. The van der Waals surface area contributed by atoms with Crippen LogP contribution in [0.5, 0.6) is 0 Å². The molecular weight excluding hydrogens is 428 g/mol. The zero-order valence-electron chi connectivity index (χ0n) is 7.19. The molecule has 1 amide bonds. The number of rotatable bonds is 4. The zero-order chi connectivity index (χ0) is 10.6. The maximum absolute atomic E-state index is 10.9. The Morgan fingerprint density at radius 1 is 1.71 bits per heavy atom. The first kappa shape index (κ1) is 12.7. The van der Waals surface area contributed by atoms with Gasteiger partial charge in [0.15, 0.2) is 0 Å². The van der Waals surface area contributed by atoms with Gasteiger partial charge in [0.2, 0.25) is 0 Å². The van der Waals surface area contributed by atoms with E-state index >= 15 is 0 Å². The molecule has 0 aromatic carbocycles. The maximum Gasteiger partial charge on any atom is 0.291 e. The molecule has 0 saturated carbocycles. The van der Waals surface area contributed by atoms with Crippen LogP contribution in [0.15, 0.2) is 17.5 Å². The first-order chi connectivity index (χ1) is 6.61. The summed E-state index contributed by atoms with van der Waals surface area (Å²) in [4.78, 5) is 11.8. The number of carbonyl (C=O) groups is 1. The lowest BCUT2D eigenvalue weighted by atomic mass is 10.2. The minimum Gasteiger partial charge on any atom is -0.388 e. The van der Waals surface area contributed by atoms with Gasteiger partial charge in [-0.05, 0) is 17.9 Å². The molecule has 0 aliphatic rings. The van der Waals surface area contributed by atoms with Crippen LogP contribution in [-0.4, -0.2) is 18.7 Å². The first-order valence-corrected chi connectivity index (χ1v) is 6.88. The molecule has 6 heteroatoms. The number of thiophene rings is 1. The minimum atomic E-state index is -0.456. The Morgan fingerprint density at radius 2 is 2.43 bits per heavy atom. The fourth-order valence-electron chi connectivity index (χ4n) is 0.947. The molecule has 0 spiro atoms. The van der Waals surface area contributed by atoms with Crippen molar-refractivity contribution in [2.24, 2.45) is 0 Å². The maximum atomic E-state index is 10.9. The second-order valence-corrected chi connectivity index (χ2v) is 5.73. The predicted octanol–water partition coefficient (Wildman–Crippen LogP) is 3.38. The minimum absolute atomic E-state index is 0.0124. The van der Waals surface area contributed by atoms with Crippen LogP contribution in [0.2, 0.25) is 0 Å². The van der Waals surface area contributed by atoms with Crippen LogP contribution in [0.1, 0.15) is 17.4 Å². The van der Waals surface area contributed by atoms with Crippen molar-refractivity contribution in [3.8, 4) is 0 Å². The molecule has 1 aromatic heterocycles. The molecule has 0 fully saturated rings. The van der Waals surface area contributed by atoms with Crippen LogP contribution in [-0.2, 0) is 0 Å². The Hall–Kier alpha value is 0.590. The van der Waals surface area contributed by atoms with E-state index in [4.69, 9.17) is 0 Å². The quantitative estimate of drug-likeness (QED) is 0.340. The van der Waals surface area contributed by atoms with Crippen molar-refractivity contribution < 1.29 is 9.90 Å². The van der Waals surface area contributed by atoms with E-state index in [1.807, 2.05) is 40.4 Å². The second kappa shape index (κ2) is 6.23. The number of nitrogens with zero attached hydrogens (tertiary/aromatic N) is 1. The molecule has 1 N–H and O–H groups in total. The summed E-state index contributed by atoms with van der Waals surface area (Å²) in [6.07, 6.45) is 0.126. The van der Waals surface area contributed by atoms with E-state index in [1.54, 1.807) is 25.7 Å². The Morgan fingerprint density at radius 3 is 2.93 bits per heavy atom. The average molecular weight is 437 g/mol. The van der Waals surface area contributed by atoms with Gasteiger partial charge in [-0.1, -0.05) is 6.07 Å². The molecule has 78 valence electrons. The molecule has 0 radical (unpaired) electrons. The summed E-state index contributed by atoms with van der Waals surface area (Å²) in [5.41, 5.74) is 0. The zero-order valence-corrected chi connectivity index (χ0v) is 12.3. The van der Waals surface area contributed by atoms with Crippen molar-refractivity contribution >= 4 is 60.7 Å². The topological polar surface area (TPSA) is 40.5 Å². The molecule has 14 heavy (non-hydrogen) atoms. The molecule has 1 aromatic rings. The van der Waals surface area contributed by atoms with Gasteiger partial charge in [0, 0.05) is 34.0 Å². The highest BCUT2D eigenvalue weighted by Crippen LogP contribution is 2.22. The molecule has 1 atom stereocenters. The van der Waals surface area contributed by atoms with Crippen LogP contribution >= 0.6 is 56.8 Å². The highest BCUT2D eigenvalue weighted by Gasteiger charge is 2.12. The van der Waals surface area contributed by atoms with Gasteiger partial charge in [-0.15, -0.1) is 11.3 Å². The van der Waals surface area contributed by atoms with Crippen molar-refractivity contribution in [1.82, 2.24) is 3.11 Å². The van der Waals surface area contributed by atoms with Gasteiger partial charge >= 0.3 is 0 Å². The Bertz CT molecular complexity index is 292.